The molecule has 0 amide bonds. The first-order chi connectivity index (χ1) is 9.52. The van der Waals surface area contributed by atoms with E-state index in [0.29, 0.717) is 13.2 Å². The average molecular weight is 280 g/mol. The highest BCUT2D eigenvalue weighted by atomic mass is 16.5. The van der Waals surface area contributed by atoms with E-state index in [1.165, 1.54) is 0 Å². The van der Waals surface area contributed by atoms with Gasteiger partial charge in [0.2, 0.25) is 0 Å². The Kier molecular flexibility index (Phi) is 7.59. The van der Waals surface area contributed by atoms with Crippen LogP contribution in [0.15, 0.2) is 24.3 Å². The van der Waals surface area contributed by atoms with Crippen molar-refractivity contribution in [2.75, 3.05) is 47.4 Å². The molecule has 1 unspecified atom stereocenters. The molecule has 0 heterocycles. The molecule has 0 bridgehead atoms. The molecular weight excluding hydrogens is 252 g/mol. The number of aliphatic hydroxyl groups is 1. The largest absolute Gasteiger partial charge is 0.494 e. The first-order valence-corrected chi connectivity index (χ1v) is 7.27. The molecule has 0 radical (unpaired) electrons. The van der Waals surface area contributed by atoms with Crippen molar-refractivity contribution >= 4 is 0 Å². The highest BCUT2D eigenvalue weighted by molar-refractivity contribution is 5.28. The molecule has 20 heavy (non-hydrogen) atoms. The van der Waals surface area contributed by atoms with E-state index in [-0.39, 0.29) is 0 Å². The molecule has 0 aliphatic rings. The Morgan fingerprint density at radius 3 is 2.30 bits per heavy atom. The zero-order chi connectivity index (χ0) is 15.0. The zero-order valence-corrected chi connectivity index (χ0v) is 13.2. The van der Waals surface area contributed by atoms with Gasteiger partial charge in [0.05, 0.1) is 12.7 Å². The number of likely N-dealkylation sites (N-methyl/N-ethyl adjacent to an activating group) is 1. The van der Waals surface area contributed by atoms with Crippen LogP contribution in [-0.4, -0.2) is 62.3 Å². The van der Waals surface area contributed by atoms with Gasteiger partial charge in [0.15, 0.2) is 0 Å². The molecular formula is C16H28N2O2. The molecule has 1 rings (SSSR count). The van der Waals surface area contributed by atoms with E-state index >= 15 is 0 Å². The van der Waals surface area contributed by atoms with Crippen molar-refractivity contribution in [1.82, 2.24) is 9.80 Å². The van der Waals surface area contributed by atoms with Crippen LogP contribution in [0.4, 0.5) is 0 Å². The van der Waals surface area contributed by atoms with Crippen LogP contribution in [0.25, 0.3) is 0 Å². The van der Waals surface area contributed by atoms with Gasteiger partial charge in [-0.15, -0.1) is 0 Å². The van der Waals surface area contributed by atoms with Gasteiger partial charge in [0.25, 0.3) is 0 Å². The van der Waals surface area contributed by atoms with Crippen molar-refractivity contribution in [3.8, 4) is 5.75 Å². The summed E-state index contributed by atoms with van der Waals surface area (Å²) in [5.41, 5.74) is 0.938. The SMILES string of the molecule is CCOc1ccc(C(O)CN(C)CCCN(C)C)cc1. The molecule has 0 saturated heterocycles. The van der Waals surface area contributed by atoms with Gasteiger partial charge < -0.3 is 19.6 Å². The summed E-state index contributed by atoms with van der Waals surface area (Å²) < 4.78 is 5.40. The number of ether oxygens (including phenoxy) is 1. The van der Waals surface area contributed by atoms with Gasteiger partial charge in [-0.05, 0) is 65.3 Å². The number of aliphatic hydroxyl groups excluding tert-OH is 1. The van der Waals surface area contributed by atoms with E-state index in [9.17, 15) is 5.11 Å². The van der Waals surface area contributed by atoms with Gasteiger partial charge in [0, 0.05) is 6.54 Å². The molecule has 0 fully saturated rings. The lowest BCUT2D eigenvalue weighted by molar-refractivity contribution is 0.125. The minimum Gasteiger partial charge on any atom is -0.494 e. The molecule has 1 aromatic rings. The van der Waals surface area contributed by atoms with Crippen LogP contribution in [0.2, 0.25) is 0 Å². The molecule has 4 nitrogen and oxygen atoms in total. The van der Waals surface area contributed by atoms with E-state index in [1.807, 2.05) is 38.2 Å². The molecule has 1 N–H and O–H groups in total. The summed E-state index contributed by atoms with van der Waals surface area (Å²) in [5, 5.41) is 10.2. The molecule has 0 aliphatic carbocycles. The highest BCUT2D eigenvalue weighted by Crippen LogP contribution is 2.18. The molecule has 0 aliphatic heterocycles. The van der Waals surface area contributed by atoms with Crippen LogP contribution in [0.5, 0.6) is 5.75 Å². The zero-order valence-electron chi connectivity index (χ0n) is 13.2. The summed E-state index contributed by atoms with van der Waals surface area (Å²) in [6.07, 6.45) is 0.662. The predicted molar refractivity (Wildman–Crippen MR) is 83.2 cm³/mol. The Labute approximate surface area is 123 Å². The fourth-order valence-electron chi connectivity index (χ4n) is 2.10. The second-order valence-corrected chi connectivity index (χ2v) is 5.44. The van der Waals surface area contributed by atoms with Crippen LogP contribution in [0.3, 0.4) is 0 Å². The maximum absolute atomic E-state index is 10.2. The van der Waals surface area contributed by atoms with Gasteiger partial charge in [-0.3, -0.25) is 0 Å². The van der Waals surface area contributed by atoms with Crippen LogP contribution in [-0.2, 0) is 0 Å². The average Bonchev–Trinajstić information content (AvgIpc) is 2.39. The maximum atomic E-state index is 10.2. The minimum atomic E-state index is -0.449. The smallest absolute Gasteiger partial charge is 0.119 e. The normalized spacial score (nSPS) is 12.9. The van der Waals surface area contributed by atoms with Gasteiger partial charge in [-0.1, -0.05) is 12.1 Å². The first-order valence-electron chi connectivity index (χ1n) is 7.27. The lowest BCUT2D eigenvalue weighted by Crippen LogP contribution is -2.27. The van der Waals surface area contributed by atoms with E-state index in [2.05, 4.69) is 23.9 Å². The lowest BCUT2D eigenvalue weighted by atomic mass is 10.1. The standard InChI is InChI=1S/C16H28N2O2/c1-5-20-15-9-7-14(8-10-15)16(19)13-18(4)12-6-11-17(2)3/h7-10,16,19H,5-6,11-13H2,1-4H3. The summed E-state index contributed by atoms with van der Waals surface area (Å²) in [6, 6.07) is 7.69. The molecule has 0 spiro atoms. The minimum absolute atomic E-state index is 0.449. The van der Waals surface area contributed by atoms with Crippen molar-refractivity contribution < 1.29 is 9.84 Å². The molecule has 0 saturated carbocycles. The quantitative estimate of drug-likeness (QED) is 0.750. The summed E-state index contributed by atoms with van der Waals surface area (Å²) >= 11 is 0. The third-order valence-electron chi connectivity index (χ3n) is 3.21. The summed E-state index contributed by atoms with van der Waals surface area (Å²) in [6.45, 7) is 5.35. The first kappa shape index (κ1) is 17.0. The summed E-state index contributed by atoms with van der Waals surface area (Å²) in [4.78, 5) is 4.35. The molecule has 0 aromatic heterocycles. The van der Waals surface area contributed by atoms with Gasteiger partial charge >= 0.3 is 0 Å². The third-order valence-corrected chi connectivity index (χ3v) is 3.21. The second-order valence-electron chi connectivity index (χ2n) is 5.44. The Balaban J connectivity index is 2.39. The van der Waals surface area contributed by atoms with Crippen molar-refractivity contribution in [3.05, 3.63) is 29.8 Å². The van der Waals surface area contributed by atoms with Gasteiger partial charge in [-0.25, -0.2) is 0 Å². The number of hydrogen-bond donors (Lipinski definition) is 1. The van der Waals surface area contributed by atoms with E-state index in [0.717, 1.165) is 30.8 Å². The van der Waals surface area contributed by atoms with E-state index in [1.54, 1.807) is 0 Å². The van der Waals surface area contributed by atoms with Crippen molar-refractivity contribution in [2.45, 2.75) is 19.4 Å². The third kappa shape index (κ3) is 6.37. The summed E-state index contributed by atoms with van der Waals surface area (Å²) in [5.74, 6) is 0.850. The van der Waals surface area contributed by atoms with Crippen LogP contribution in [0, 0.1) is 0 Å². The van der Waals surface area contributed by atoms with Crippen molar-refractivity contribution in [2.24, 2.45) is 0 Å². The monoisotopic (exact) mass is 280 g/mol. The number of nitrogens with zero attached hydrogens (tertiary/aromatic N) is 2. The van der Waals surface area contributed by atoms with Crippen LogP contribution < -0.4 is 4.74 Å². The van der Waals surface area contributed by atoms with Crippen LogP contribution >= 0.6 is 0 Å². The lowest BCUT2D eigenvalue weighted by Gasteiger charge is -2.21. The Morgan fingerprint density at radius 1 is 1.10 bits per heavy atom. The Bertz CT molecular complexity index is 365. The maximum Gasteiger partial charge on any atom is 0.119 e. The van der Waals surface area contributed by atoms with E-state index in [4.69, 9.17) is 4.74 Å². The number of benzene rings is 1. The molecule has 4 heteroatoms. The van der Waals surface area contributed by atoms with E-state index < -0.39 is 6.10 Å². The van der Waals surface area contributed by atoms with Gasteiger partial charge in [-0.2, -0.15) is 0 Å². The second kappa shape index (κ2) is 8.95. The highest BCUT2D eigenvalue weighted by Gasteiger charge is 2.10. The number of hydrogen-bond acceptors (Lipinski definition) is 4. The molecule has 114 valence electrons. The van der Waals surface area contributed by atoms with Crippen molar-refractivity contribution in [1.29, 1.82) is 0 Å². The Morgan fingerprint density at radius 2 is 1.75 bits per heavy atom. The predicted octanol–water partition coefficient (Wildman–Crippen LogP) is 2.00. The molecule has 1 atom stereocenters. The Hall–Kier alpha value is -1.10. The fourth-order valence-corrected chi connectivity index (χ4v) is 2.10. The van der Waals surface area contributed by atoms with Crippen LogP contribution in [0.1, 0.15) is 25.0 Å². The summed E-state index contributed by atoms with van der Waals surface area (Å²) in [7, 11) is 6.21. The molecule has 1 aromatic carbocycles. The fraction of sp³-hybridized carbons (Fsp3) is 0.625. The van der Waals surface area contributed by atoms with Gasteiger partial charge in [0.1, 0.15) is 5.75 Å². The van der Waals surface area contributed by atoms with Crippen molar-refractivity contribution in [3.63, 3.8) is 0 Å². The topological polar surface area (TPSA) is 35.9 Å². The number of rotatable bonds is 9.